The zero-order valence-corrected chi connectivity index (χ0v) is 25.9. The molecular formula is C33H31IrN6-. The van der Waals surface area contributed by atoms with Crippen LogP contribution in [0.15, 0.2) is 79.5 Å². The zero-order chi connectivity index (χ0) is 27.4. The van der Waals surface area contributed by atoms with E-state index in [1.54, 1.807) is 24.8 Å². The van der Waals surface area contributed by atoms with Gasteiger partial charge in [0, 0.05) is 67.8 Å². The fraction of sp³-hybridized carbons (Fsp3) is 0.273. The van der Waals surface area contributed by atoms with E-state index in [0.717, 1.165) is 27.9 Å². The van der Waals surface area contributed by atoms with Gasteiger partial charge in [0.1, 0.15) is 0 Å². The van der Waals surface area contributed by atoms with Crippen LogP contribution in [0.2, 0.25) is 0 Å². The van der Waals surface area contributed by atoms with Crippen molar-refractivity contribution in [3.8, 4) is 45.4 Å². The van der Waals surface area contributed by atoms with E-state index in [0.29, 0.717) is 17.5 Å². The summed E-state index contributed by atoms with van der Waals surface area (Å²) in [7, 11) is 0. The molecule has 5 aromatic rings. The minimum atomic E-state index is 0. The average Bonchev–Trinajstić information content (AvgIpc) is 3.07. The molecule has 0 saturated heterocycles. The second-order valence-electron chi connectivity index (χ2n) is 11.8. The van der Waals surface area contributed by atoms with Crippen molar-refractivity contribution in [1.29, 1.82) is 0 Å². The van der Waals surface area contributed by atoms with Crippen molar-refractivity contribution >= 4 is 0 Å². The molecule has 203 valence electrons. The van der Waals surface area contributed by atoms with Gasteiger partial charge in [0.2, 0.25) is 0 Å². The first-order valence-corrected chi connectivity index (χ1v) is 13.2. The summed E-state index contributed by atoms with van der Waals surface area (Å²) in [5.74, 6) is 1.65. The standard InChI is InChI=1S/C33H31N6.Ir/c1-31(2)25-13-11-21(17-26(25)32(3,4)33(31,5)6)27-14-12-24(20-36-27)30-38-28(22-9-7-15-34-18-22)37-29(39-30)23-10-8-16-35-19-23;/h7-10,12-20H,1-6H3;/q-1;. The van der Waals surface area contributed by atoms with Crippen LogP contribution >= 0.6 is 0 Å². The number of nitrogens with zero attached hydrogens (tertiary/aromatic N) is 6. The largest absolute Gasteiger partial charge is 0.304 e. The third kappa shape index (κ3) is 4.38. The molecule has 40 heavy (non-hydrogen) atoms. The molecule has 4 aromatic heterocycles. The van der Waals surface area contributed by atoms with Crippen LogP contribution in [0.4, 0.5) is 0 Å². The van der Waals surface area contributed by atoms with Crippen LogP contribution in [0.5, 0.6) is 0 Å². The maximum atomic E-state index is 4.82. The zero-order valence-electron chi connectivity index (χ0n) is 23.5. The van der Waals surface area contributed by atoms with E-state index in [4.69, 9.17) is 19.9 Å². The molecule has 6 rings (SSSR count). The van der Waals surface area contributed by atoms with Crippen molar-refractivity contribution in [1.82, 2.24) is 29.9 Å². The van der Waals surface area contributed by atoms with E-state index in [-0.39, 0.29) is 36.4 Å². The Morgan fingerprint density at radius 3 is 1.62 bits per heavy atom. The molecule has 4 heterocycles. The maximum absolute atomic E-state index is 4.82. The maximum Gasteiger partial charge on any atom is 0.165 e. The average molecular weight is 704 g/mol. The van der Waals surface area contributed by atoms with Crippen molar-refractivity contribution in [2.24, 2.45) is 5.41 Å². The van der Waals surface area contributed by atoms with Gasteiger partial charge in [-0.3, -0.25) is 9.97 Å². The predicted molar refractivity (Wildman–Crippen MR) is 154 cm³/mol. The van der Waals surface area contributed by atoms with Gasteiger partial charge in [-0.2, -0.15) is 0 Å². The van der Waals surface area contributed by atoms with E-state index in [2.05, 4.69) is 69.7 Å². The molecule has 0 unspecified atom stereocenters. The molecule has 0 aliphatic heterocycles. The van der Waals surface area contributed by atoms with Crippen molar-refractivity contribution in [2.45, 2.75) is 52.4 Å². The van der Waals surface area contributed by atoms with Crippen LogP contribution in [0.25, 0.3) is 45.4 Å². The first-order valence-electron chi connectivity index (χ1n) is 13.2. The number of pyridine rings is 3. The molecule has 7 heteroatoms. The van der Waals surface area contributed by atoms with Crippen LogP contribution in [0.3, 0.4) is 0 Å². The summed E-state index contributed by atoms with van der Waals surface area (Å²) >= 11 is 0. The number of benzene rings is 1. The quantitative estimate of drug-likeness (QED) is 0.186. The van der Waals surface area contributed by atoms with E-state index in [1.165, 1.54) is 11.1 Å². The molecule has 1 aliphatic carbocycles. The Bertz CT molecular complexity index is 1610. The Morgan fingerprint density at radius 1 is 0.625 bits per heavy atom. The minimum absolute atomic E-state index is 0. The first kappa shape index (κ1) is 27.9. The second-order valence-corrected chi connectivity index (χ2v) is 11.8. The molecule has 0 spiro atoms. The van der Waals surface area contributed by atoms with Crippen molar-refractivity contribution in [3.05, 3.63) is 96.7 Å². The van der Waals surface area contributed by atoms with Gasteiger partial charge >= 0.3 is 0 Å². The normalized spacial score (nSPS) is 16.1. The molecule has 1 aliphatic rings. The number of rotatable bonds is 4. The van der Waals surface area contributed by atoms with Crippen LogP contribution < -0.4 is 0 Å². The van der Waals surface area contributed by atoms with Crippen LogP contribution in [-0.2, 0) is 30.9 Å². The van der Waals surface area contributed by atoms with Gasteiger partial charge in [0.05, 0.1) is 0 Å². The van der Waals surface area contributed by atoms with Crippen molar-refractivity contribution < 1.29 is 20.1 Å². The summed E-state index contributed by atoms with van der Waals surface area (Å²) in [4.78, 5) is 27.5. The molecule has 0 N–H and O–H groups in total. The van der Waals surface area contributed by atoms with Gasteiger partial charge in [-0.15, -0.1) is 34.9 Å². The molecule has 0 atom stereocenters. The van der Waals surface area contributed by atoms with E-state index in [9.17, 15) is 0 Å². The summed E-state index contributed by atoms with van der Waals surface area (Å²) in [5, 5.41) is 0. The monoisotopic (exact) mass is 704 g/mol. The number of aromatic nitrogens is 6. The van der Waals surface area contributed by atoms with Crippen LogP contribution in [0, 0.1) is 11.5 Å². The summed E-state index contributed by atoms with van der Waals surface area (Å²) in [5.41, 5.74) is 7.21. The third-order valence-corrected chi connectivity index (χ3v) is 9.20. The molecule has 0 amide bonds. The Morgan fingerprint density at radius 2 is 1.15 bits per heavy atom. The summed E-state index contributed by atoms with van der Waals surface area (Å²) in [6.45, 7) is 14.1. The SMILES string of the molecule is CC1(C)c2c[c-]c(-c3ccc(-c4nc(-c5cccnc5)nc(-c5cccnc5)n4)cn3)cc2C(C)(C)C1(C)C.[Ir]. The van der Waals surface area contributed by atoms with E-state index in [1.807, 2.05) is 42.6 Å². The Labute approximate surface area is 249 Å². The van der Waals surface area contributed by atoms with E-state index >= 15 is 0 Å². The van der Waals surface area contributed by atoms with Crippen LogP contribution in [0.1, 0.15) is 52.7 Å². The van der Waals surface area contributed by atoms with Crippen molar-refractivity contribution in [3.63, 3.8) is 0 Å². The smallest absolute Gasteiger partial charge is 0.165 e. The number of fused-ring (bicyclic) bond motifs is 1. The van der Waals surface area contributed by atoms with Gasteiger partial charge < -0.3 is 4.98 Å². The van der Waals surface area contributed by atoms with Gasteiger partial charge in [0.15, 0.2) is 17.5 Å². The third-order valence-electron chi connectivity index (χ3n) is 9.20. The van der Waals surface area contributed by atoms with Gasteiger partial charge in [-0.25, -0.2) is 15.0 Å². The number of hydrogen-bond acceptors (Lipinski definition) is 6. The molecule has 0 saturated carbocycles. The Balaban J connectivity index is 0.00000323. The summed E-state index contributed by atoms with van der Waals surface area (Å²) in [6.07, 6.45) is 8.79. The molecule has 0 fully saturated rings. The molecule has 1 aromatic carbocycles. The van der Waals surface area contributed by atoms with Gasteiger partial charge in [0.25, 0.3) is 0 Å². The minimum Gasteiger partial charge on any atom is -0.304 e. The van der Waals surface area contributed by atoms with E-state index < -0.39 is 0 Å². The van der Waals surface area contributed by atoms with Crippen molar-refractivity contribution in [2.75, 3.05) is 0 Å². The fourth-order valence-corrected chi connectivity index (χ4v) is 5.57. The molecule has 0 bridgehead atoms. The fourth-order valence-electron chi connectivity index (χ4n) is 5.57. The summed E-state index contributed by atoms with van der Waals surface area (Å²) < 4.78 is 0. The molecular weight excluding hydrogens is 673 g/mol. The predicted octanol–water partition coefficient (Wildman–Crippen LogP) is 7.12. The Kier molecular flexibility index (Phi) is 7.01. The van der Waals surface area contributed by atoms with Gasteiger partial charge in [-0.05, 0) is 46.2 Å². The van der Waals surface area contributed by atoms with Crippen LogP contribution in [-0.4, -0.2) is 29.9 Å². The number of hydrogen-bond donors (Lipinski definition) is 0. The second kappa shape index (κ2) is 10.1. The van der Waals surface area contributed by atoms with Gasteiger partial charge in [-0.1, -0.05) is 53.7 Å². The Hall–Kier alpha value is -3.67. The first-order chi connectivity index (χ1) is 18.6. The topological polar surface area (TPSA) is 77.3 Å². The summed E-state index contributed by atoms with van der Waals surface area (Å²) in [6, 6.07) is 19.6. The molecule has 1 radical (unpaired) electrons. The molecule has 6 nitrogen and oxygen atoms in total.